The molecule has 154 valence electrons. The van der Waals surface area contributed by atoms with E-state index in [0.717, 1.165) is 17.8 Å². The minimum atomic E-state index is -0.864. The van der Waals surface area contributed by atoms with Gasteiger partial charge in [0.15, 0.2) is 11.3 Å². The lowest BCUT2D eigenvalue weighted by Crippen LogP contribution is -2.49. The maximum atomic E-state index is 12.9. The average molecular weight is 423 g/mol. The van der Waals surface area contributed by atoms with Gasteiger partial charge in [-0.25, -0.2) is 4.98 Å². The molecule has 30 heavy (non-hydrogen) atoms. The molecule has 2 heterocycles. The van der Waals surface area contributed by atoms with E-state index in [1.165, 1.54) is 17.3 Å². The summed E-state index contributed by atoms with van der Waals surface area (Å²) < 4.78 is 5.62. The van der Waals surface area contributed by atoms with E-state index in [4.69, 9.17) is 10.5 Å². The van der Waals surface area contributed by atoms with Crippen LogP contribution in [0.25, 0.3) is 0 Å². The number of anilines is 1. The van der Waals surface area contributed by atoms with E-state index in [1.54, 1.807) is 23.1 Å². The number of ether oxygens (including phenoxy) is 1. The first kappa shape index (κ1) is 20.0. The number of amides is 2. The quantitative estimate of drug-likeness (QED) is 0.595. The molecule has 0 saturated heterocycles. The first-order valence-corrected chi connectivity index (χ1v) is 10.6. The molecule has 3 aromatic rings. The normalized spacial score (nSPS) is 15.4. The summed E-state index contributed by atoms with van der Waals surface area (Å²) in [7, 11) is 0. The molecule has 1 aliphatic rings. The summed E-state index contributed by atoms with van der Waals surface area (Å²) >= 11 is 1.34. The fraction of sp³-hybridized carbons (Fsp3) is 0.227. The molecule has 1 aromatic heterocycles. The SMILES string of the molecule is Cc1[nH]c(SCC(=O)N2C[C@H](C(N)=O)Oc3ccccc32)nc1Cc1ccccc1. The number of aromatic amines is 1. The molecule has 1 aliphatic heterocycles. The van der Waals surface area contributed by atoms with Crippen LogP contribution >= 0.6 is 11.8 Å². The summed E-state index contributed by atoms with van der Waals surface area (Å²) in [5.41, 5.74) is 9.18. The van der Waals surface area contributed by atoms with Crippen molar-refractivity contribution in [3.63, 3.8) is 0 Å². The molecule has 0 spiro atoms. The lowest BCUT2D eigenvalue weighted by Gasteiger charge is -2.33. The van der Waals surface area contributed by atoms with Gasteiger partial charge in [0.2, 0.25) is 5.91 Å². The monoisotopic (exact) mass is 422 g/mol. The predicted octanol–water partition coefficient (Wildman–Crippen LogP) is 2.68. The number of hydrogen-bond acceptors (Lipinski definition) is 5. The van der Waals surface area contributed by atoms with Gasteiger partial charge in [-0.1, -0.05) is 54.2 Å². The van der Waals surface area contributed by atoms with Crippen molar-refractivity contribution in [3.8, 4) is 5.75 Å². The Bertz CT molecular complexity index is 1070. The van der Waals surface area contributed by atoms with Crippen molar-refractivity contribution in [1.82, 2.24) is 9.97 Å². The number of nitrogens with two attached hydrogens (primary N) is 1. The van der Waals surface area contributed by atoms with Crippen molar-refractivity contribution in [1.29, 1.82) is 0 Å². The Labute approximate surface area is 178 Å². The molecule has 7 nitrogen and oxygen atoms in total. The number of nitrogens with one attached hydrogen (secondary N) is 1. The van der Waals surface area contributed by atoms with Gasteiger partial charge in [0.05, 0.1) is 23.7 Å². The summed E-state index contributed by atoms with van der Waals surface area (Å²) in [6.07, 6.45) is -0.133. The fourth-order valence-corrected chi connectivity index (χ4v) is 4.14. The van der Waals surface area contributed by atoms with E-state index in [2.05, 4.69) is 22.1 Å². The summed E-state index contributed by atoms with van der Waals surface area (Å²) in [5, 5.41) is 0.694. The standard InChI is InChI=1S/C22H22N4O3S/c1-14-16(11-15-7-3-2-4-8-15)25-22(24-14)30-13-20(27)26-12-19(21(23)28)29-18-10-6-5-9-17(18)26/h2-10,19H,11-13H2,1H3,(H2,23,28)(H,24,25)/t19-/m1/s1. The van der Waals surface area contributed by atoms with Crippen molar-refractivity contribution in [2.75, 3.05) is 17.2 Å². The van der Waals surface area contributed by atoms with E-state index in [9.17, 15) is 9.59 Å². The van der Waals surface area contributed by atoms with Crippen LogP contribution < -0.4 is 15.4 Å². The number of thioether (sulfide) groups is 1. The number of nitrogens with zero attached hydrogens (tertiary/aromatic N) is 2. The van der Waals surface area contributed by atoms with Crippen molar-refractivity contribution in [2.24, 2.45) is 5.73 Å². The van der Waals surface area contributed by atoms with E-state index in [1.807, 2.05) is 31.2 Å². The topological polar surface area (TPSA) is 101 Å². The molecule has 2 amide bonds. The minimum Gasteiger partial charge on any atom is -0.477 e. The van der Waals surface area contributed by atoms with Gasteiger partial charge >= 0.3 is 0 Å². The molecular weight excluding hydrogens is 400 g/mol. The summed E-state index contributed by atoms with van der Waals surface area (Å²) in [6, 6.07) is 17.3. The molecule has 0 radical (unpaired) electrons. The number of imidazole rings is 1. The third kappa shape index (κ3) is 4.33. The molecule has 0 aliphatic carbocycles. The van der Waals surface area contributed by atoms with Crippen LogP contribution in [0.5, 0.6) is 5.75 Å². The van der Waals surface area contributed by atoms with Gasteiger partial charge in [0.1, 0.15) is 5.75 Å². The number of aryl methyl sites for hydroxylation is 1. The molecule has 0 fully saturated rings. The van der Waals surface area contributed by atoms with Crippen LogP contribution in [-0.4, -0.2) is 40.2 Å². The summed E-state index contributed by atoms with van der Waals surface area (Å²) in [6.45, 7) is 2.08. The predicted molar refractivity (Wildman–Crippen MR) is 116 cm³/mol. The highest BCUT2D eigenvalue weighted by Crippen LogP contribution is 2.33. The second-order valence-corrected chi connectivity index (χ2v) is 8.01. The molecule has 1 atom stereocenters. The number of H-pyrrole nitrogens is 1. The minimum absolute atomic E-state index is 0.0994. The maximum absolute atomic E-state index is 12.9. The molecule has 8 heteroatoms. The van der Waals surface area contributed by atoms with E-state index < -0.39 is 12.0 Å². The number of fused-ring (bicyclic) bond motifs is 1. The lowest BCUT2D eigenvalue weighted by atomic mass is 10.1. The molecule has 3 N–H and O–H groups in total. The van der Waals surface area contributed by atoms with Crippen LogP contribution in [0.1, 0.15) is 17.0 Å². The second-order valence-electron chi connectivity index (χ2n) is 7.05. The van der Waals surface area contributed by atoms with Gasteiger partial charge in [-0.3, -0.25) is 9.59 Å². The number of rotatable bonds is 6. The third-order valence-electron chi connectivity index (χ3n) is 4.90. The van der Waals surface area contributed by atoms with Crippen LogP contribution in [0.15, 0.2) is 59.8 Å². The van der Waals surface area contributed by atoms with Gasteiger partial charge in [-0.05, 0) is 24.6 Å². The van der Waals surface area contributed by atoms with Crippen LogP contribution in [-0.2, 0) is 16.0 Å². The van der Waals surface area contributed by atoms with Crippen molar-refractivity contribution in [2.45, 2.75) is 24.6 Å². The summed E-state index contributed by atoms with van der Waals surface area (Å²) in [4.78, 5) is 34.0. The largest absolute Gasteiger partial charge is 0.477 e. The first-order valence-electron chi connectivity index (χ1n) is 9.59. The number of carbonyl (C=O) groups excluding carboxylic acids is 2. The number of benzene rings is 2. The van der Waals surface area contributed by atoms with E-state index >= 15 is 0 Å². The van der Waals surface area contributed by atoms with Gasteiger partial charge in [0.25, 0.3) is 5.91 Å². The Kier molecular flexibility index (Phi) is 5.76. The van der Waals surface area contributed by atoms with Crippen LogP contribution in [0, 0.1) is 6.92 Å². The van der Waals surface area contributed by atoms with Crippen LogP contribution in [0.2, 0.25) is 0 Å². The third-order valence-corrected chi connectivity index (χ3v) is 5.76. The van der Waals surface area contributed by atoms with E-state index in [-0.39, 0.29) is 18.2 Å². The lowest BCUT2D eigenvalue weighted by molar-refractivity contribution is -0.125. The maximum Gasteiger partial charge on any atom is 0.260 e. The highest BCUT2D eigenvalue weighted by atomic mass is 32.2. The van der Waals surface area contributed by atoms with Crippen molar-refractivity contribution < 1.29 is 14.3 Å². The number of para-hydroxylation sites is 2. The van der Waals surface area contributed by atoms with Gasteiger partial charge in [-0.2, -0.15) is 0 Å². The number of carbonyl (C=O) groups is 2. The molecule has 0 unspecified atom stereocenters. The summed E-state index contributed by atoms with van der Waals surface area (Å²) in [5.74, 6) is -0.0786. The average Bonchev–Trinajstić information content (AvgIpc) is 3.11. The molecule has 4 rings (SSSR count). The molecule has 0 bridgehead atoms. The zero-order valence-electron chi connectivity index (χ0n) is 16.5. The second kappa shape index (κ2) is 8.62. The van der Waals surface area contributed by atoms with Gasteiger partial charge in [-0.15, -0.1) is 0 Å². The van der Waals surface area contributed by atoms with Crippen molar-refractivity contribution >= 4 is 29.3 Å². The van der Waals surface area contributed by atoms with Gasteiger partial charge in [0, 0.05) is 12.1 Å². The molecular formula is C22H22N4O3S. The Morgan fingerprint density at radius 2 is 1.93 bits per heavy atom. The number of hydrogen-bond donors (Lipinski definition) is 2. The zero-order valence-corrected chi connectivity index (χ0v) is 17.3. The molecule has 2 aromatic carbocycles. The first-order chi connectivity index (χ1) is 14.5. The van der Waals surface area contributed by atoms with E-state index in [0.29, 0.717) is 16.6 Å². The molecule has 0 saturated carbocycles. The smallest absolute Gasteiger partial charge is 0.260 e. The Balaban J connectivity index is 1.45. The zero-order chi connectivity index (χ0) is 21.1. The Morgan fingerprint density at radius 1 is 1.20 bits per heavy atom. The Morgan fingerprint density at radius 3 is 2.70 bits per heavy atom. The van der Waals surface area contributed by atoms with Crippen molar-refractivity contribution in [3.05, 3.63) is 71.5 Å². The number of aromatic nitrogens is 2. The van der Waals surface area contributed by atoms with Gasteiger partial charge < -0.3 is 20.4 Å². The number of primary amides is 1. The Hall–Kier alpha value is -3.26. The van der Waals surface area contributed by atoms with Crippen LogP contribution in [0.4, 0.5) is 5.69 Å². The highest BCUT2D eigenvalue weighted by molar-refractivity contribution is 7.99. The highest BCUT2D eigenvalue weighted by Gasteiger charge is 2.32. The van der Waals surface area contributed by atoms with Crippen LogP contribution in [0.3, 0.4) is 0 Å². The fourth-order valence-electron chi connectivity index (χ4n) is 3.32.